The van der Waals surface area contributed by atoms with E-state index in [9.17, 15) is 8.78 Å². The van der Waals surface area contributed by atoms with E-state index in [2.05, 4.69) is 5.32 Å². The minimum Gasteiger partial charge on any atom is -0.495 e. The van der Waals surface area contributed by atoms with Crippen LogP contribution >= 0.6 is 0 Å². The van der Waals surface area contributed by atoms with Crippen molar-refractivity contribution in [2.45, 2.75) is 0 Å². The van der Waals surface area contributed by atoms with E-state index in [0.717, 1.165) is 6.07 Å². The maximum Gasteiger partial charge on any atom is 0.148 e. The van der Waals surface area contributed by atoms with Crippen molar-refractivity contribution in [3.8, 4) is 5.75 Å². The number of methoxy groups -OCH3 is 1. The largest absolute Gasteiger partial charge is 0.495 e. The minimum atomic E-state index is -0.530. The van der Waals surface area contributed by atoms with Crippen LogP contribution in [-0.4, -0.2) is 7.11 Å². The SMILES string of the molecule is COc1cc(Nc2cccc(F)c2)c(F)cc1N. The van der Waals surface area contributed by atoms with Gasteiger partial charge in [0, 0.05) is 17.8 Å². The maximum atomic E-state index is 13.7. The summed E-state index contributed by atoms with van der Waals surface area (Å²) in [4.78, 5) is 0. The smallest absolute Gasteiger partial charge is 0.148 e. The van der Waals surface area contributed by atoms with Crippen molar-refractivity contribution < 1.29 is 13.5 Å². The third-order valence-corrected chi connectivity index (χ3v) is 2.42. The molecule has 0 amide bonds. The fourth-order valence-corrected chi connectivity index (χ4v) is 1.56. The van der Waals surface area contributed by atoms with Gasteiger partial charge in [0.25, 0.3) is 0 Å². The fraction of sp³-hybridized carbons (Fsp3) is 0.0769. The number of hydrogen-bond donors (Lipinski definition) is 2. The molecule has 0 aliphatic rings. The van der Waals surface area contributed by atoms with Gasteiger partial charge in [-0.15, -0.1) is 0 Å². The Morgan fingerprint density at radius 2 is 1.94 bits per heavy atom. The molecule has 0 saturated heterocycles. The summed E-state index contributed by atoms with van der Waals surface area (Å²) in [7, 11) is 1.44. The number of hydrogen-bond acceptors (Lipinski definition) is 3. The Bertz CT molecular complexity index is 573. The molecule has 0 unspecified atom stereocenters. The van der Waals surface area contributed by atoms with E-state index in [1.165, 1.54) is 31.4 Å². The lowest BCUT2D eigenvalue weighted by molar-refractivity contribution is 0.416. The lowest BCUT2D eigenvalue weighted by atomic mass is 10.2. The molecule has 2 aromatic carbocycles. The highest BCUT2D eigenvalue weighted by Crippen LogP contribution is 2.30. The van der Waals surface area contributed by atoms with E-state index in [4.69, 9.17) is 10.5 Å². The molecule has 0 fully saturated rings. The molecule has 5 heteroatoms. The van der Waals surface area contributed by atoms with Crippen LogP contribution in [0.5, 0.6) is 5.75 Å². The van der Waals surface area contributed by atoms with Crippen LogP contribution in [0.3, 0.4) is 0 Å². The molecular weight excluding hydrogens is 238 g/mol. The number of nitrogens with two attached hydrogens (primary N) is 1. The van der Waals surface area contributed by atoms with Gasteiger partial charge in [-0.25, -0.2) is 8.78 Å². The van der Waals surface area contributed by atoms with E-state index < -0.39 is 11.6 Å². The first-order valence-corrected chi connectivity index (χ1v) is 5.26. The molecule has 0 bridgehead atoms. The normalized spacial score (nSPS) is 10.2. The van der Waals surface area contributed by atoms with E-state index in [1.807, 2.05) is 0 Å². The lowest BCUT2D eigenvalue weighted by Gasteiger charge is -2.11. The van der Waals surface area contributed by atoms with Crippen molar-refractivity contribution >= 4 is 17.1 Å². The molecule has 18 heavy (non-hydrogen) atoms. The van der Waals surface area contributed by atoms with Gasteiger partial charge in [-0.3, -0.25) is 0 Å². The highest BCUT2D eigenvalue weighted by atomic mass is 19.1. The molecule has 2 rings (SSSR count). The number of anilines is 3. The van der Waals surface area contributed by atoms with Crippen LogP contribution in [0, 0.1) is 11.6 Å². The van der Waals surface area contributed by atoms with Crippen molar-refractivity contribution in [1.29, 1.82) is 0 Å². The Balaban J connectivity index is 2.34. The topological polar surface area (TPSA) is 47.3 Å². The van der Waals surface area contributed by atoms with Gasteiger partial charge < -0.3 is 15.8 Å². The van der Waals surface area contributed by atoms with Gasteiger partial charge >= 0.3 is 0 Å². The Labute approximate surface area is 103 Å². The summed E-state index contributed by atoms with van der Waals surface area (Å²) in [6, 6.07) is 8.32. The van der Waals surface area contributed by atoms with Gasteiger partial charge in [0.1, 0.15) is 17.4 Å². The van der Waals surface area contributed by atoms with Crippen molar-refractivity contribution in [3.05, 3.63) is 48.0 Å². The van der Waals surface area contributed by atoms with Gasteiger partial charge in [-0.2, -0.15) is 0 Å². The fourth-order valence-electron chi connectivity index (χ4n) is 1.56. The molecule has 94 valence electrons. The monoisotopic (exact) mass is 250 g/mol. The van der Waals surface area contributed by atoms with Gasteiger partial charge in [0.15, 0.2) is 0 Å². The summed E-state index contributed by atoms with van der Waals surface area (Å²) < 4.78 is 31.7. The second kappa shape index (κ2) is 4.91. The third-order valence-electron chi connectivity index (χ3n) is 2.42. The van der Waals surface area contributed by atoms with Gasteiger partial charge in [-0.1, -0.05) is 6.07 Å². The predicted octanol–water partition coefficient (Wildman–Crippen LogP) is 3.30. The summed E-state index contributed by atoms with van der Waals surface area (Å²) in [5.74, 6) is -0.573. The average molecular weight is 250 g/mol. The Hall–Kier alpha value is -2.30. The van der Waals surface area contributed by atoms with Gasteiger partial charge in [0.2, 0.25) is 0 Å². The molecule has 0 aromatic heterocycles. The minimum absolute atomic E-state index is 0.173. The molecule has 3 N–H and O–H groups in total. The average Bonchev–Trinajstić information content (AvgIpc) is 2.33. The molecule has 0 aliphatic carbocycles. The van der Waals surface area contributed by atoms with E-state index >= 15 is 0 Å². The molecular formula is C13H12F2N2O. The van der Waals surface area contributed by atoms with Crippen molar-refractivity contribution in [2.75, 3.05) is 18.2 Å². The van der Waals surface area contributed by atoms with Crippen LogP contribution in [0.4, 0.5) is 25.8 Å². The Morgan fingerprint density at radius 3 is 2.61 bits per heavy atom. The highest BCUT2D eigenvalue weighted by Gasteiger charge is 2.08. The van der Waals surface area contributed by atoms with E-state index in [-0.39, 0.29) is 11.4 Å². The second-order valence-electron chi connectivity index (χ2n) is 3.71. The lowest BCUT2D eigenvalue weighted by Crippen LogP contribution is -1.99. The second-order valence-corrected chi connectivity index (χ2v) is 3.71. The molecule has 3 nitrogen and oxygen atoms in total. The zero-order valence-corrected chi connectivity index (χ0v) is 9.71. The summed E-state index contributed by atoms with van der Waals surface area (Å²) in [5.41, 5.74) is 6.39. The van der Waals surface area contributed by atoms with Crippen LogP contribution < -0.4 is 15.8 Å². The number of rotatable bonds is 3. The van der Waals surface area contributed by atoms with Crippen molar-refractivity contribution in [3.63, 3.8) is 0 Å². The molecule has 0 heterocycles. The number of ether oxygens (including phenoxy) is 1. The molecule has 0 atom stereocenters. The predicted molar refractivity (Wildman–Crippen MR) is 67.0 cm³/mol. The molecule has 2 aromatic rings. The van der Waals surface area contributed by atoms with Crippen LogP contribution in [0.2, 0.25) is 0 Å². The Kier molecular flexibility index (Phi) is 3.32. The number of nitrogens with one attached hydrogen (secondary N) is 1. The van der Waals surface area contributed by atoms with Crippen LogP contribution in [0.25, 0.3) is 0 Å². The first-order valence-electron chi connectivity index (χ1n) is 5.26. The molecule has 0 spiro atoms. The summed E-state index contributed by atoms with van der Waals surface area (Å²) >= 11 is 0. The van der Waals surface area contributed by atoms with Crippen molar-refractivity contribution in [1.82, 2.24) is 0 Å². The summed E-state index contributed by atoms with van der Waals surface area (Å²) in [6.07, 6.45) is 0. The molecule has 0 saturated carbocycles. The zero-order valence-electron chi connectivity index (χ0n) is 9.71. The van der Waals surface area contributed by atoms with Gasteiger partial charge in [0.05, 0.1) is 18.5 Å². The maximum absolute atomic E-state index is 13.7. The first-order chi connectivity index (χ1) is 8.60. The van der Waals surface area contributed by atoms with Crippen LogP contribution in [0.1, 0.15) is 0 Å². The highest BCUT2D eigenvalue weighted by molar-refractivity contribution is 5.67. The van der Waals surface area contributed by atoms with Gasteiger partial charge in [-0.05, 0) is 18.2 Å². The number of benzene rings is 2. The molecule has 0 aliphatic heterocycles. The quantitative estimate of drug-likeness (QED) is 0.822. The van der Waals surface area contributed by atoms with E-state index in [0.29, 0.717) is 11.4 Å². The third kappa shape index (κ3) is 2.51. The van der Waals surface area contributed by atoms with Crippen molar-refractivity contribution in [2.24, 2.45) is 0 Å². The van der Waals surface area contributed by atoms with Crippen LogP contribution in [-0.2, 0) is 0 Å². The zero-order chi connectivity index (χ0) is 13.1. The first kappa shape index (κ1) is 12.2. The number of nitrogen functional groups attached to an aromatic ring is 1. The molecule has 0 radical (unpaired) electrons. The summed E-state index contributed by atoms with van der Waals surface area (Å²) in [5, 5.41) is 2.76. The number of halogens is 2. The standard InChI is InChI=1S/C13H12F2N2O/c1-18-13-7-12(10(15)6-11(13)16)17-9-4-2-3-8(14)5-9/h2-7,17H,16H2,1H3. The summed E-state index contributed by atoms with van der Waals surface area (Å²) in [6.45, 7) is 0. The Morgan fingerprint density at radius 1 is 1.17 bits per heavy atom. The van der Waals surface area contributed by atoms with E-state index in [1.54, 1.807) is 6.07 Å². The van der Waals surface area contributed by atoms with Crippen LogP contribution in [0.15, 0.2) is 36.4 Å².